The lowest BCUT2D eigenvalue weighted by molar-refractivity contribution is 0.217. The molecule has 0 aliphatic heterocycles. The first kappa shape index (κ1) is 36.8. The van der Waals surface area contributed by atoms with Crippen molar-refractivity contribution in [3.05, 3.63) is 42.8 Å². The van der Waals surface area contributed by atoms with Crippen LogP contribution in [0.15, 0.2) is 12.1 Å². The molecule has 1 N–H and O–H groups in total. The predicted molar refractivity (Wildman–Crippen MR) is 195 cm³/mol. The molecule has 3 heteroatoms. The van der Waals surface area contributed by atoms with E-state index in [1.165, 1.54) is 83.5 Å². The summed E-state index contributed by atoms with van der Waals surface area (Å²) in [5, 5.41) is 9.89. The Morgan fingerprint density at radius 3 is 2.09 bits per heavy atom. The molecule has 2 heterocycles. The maximum absolute atomic E-state index is 9.89. The first-order valence-electron chi connectivity index (χ1n) is 18.3. The summed E-state index contributed by atoms with van der Waals surface area (Å²) in [6, 6.07) is 5.28. The van der Waals surface area contributed by atoms with Gasteiger partial charge in [-0.3, -0.25) is 0 Å². The smallest absolute Gasteiger partial charge is 0.0436 e. The quantitative estimate of drug-likeness (QED) is 0.153. The maximum atomic E-state index is 9.89. The third kappa shape index (κ3) is 7.20. The lowest BCUT2D eigenvalue weighted by atomic mass is 9.64. The molecule has 1 aliphatic rings. The Balaban J connectivity index is 2.04. The van der Waals surface area contributed by atoms with E-state index in [2.05, 4.69) is 111 Å². The molecule has 4 atom stereocenters. The van der Waals surface area contributed by atoms with Crippen molar-refractivity contribution in [2.75, 3.05) is 6.61 Å². The van der Waals surface area contributed by atoms with E-state index in [-0.39, 0.29) is 21.7 Å². The van der Waals surface area contributed by atoms with Crippen molar-refractivity contribution in [3.8, 4) is 0 Å². The van der Waals surface area contributed by atoms with Gasteiger partial charge in [0.05, 0.1) is 0 Å². The van der Waals surface area contributed by atoms with Gasteiger partial charge in [0.15, 0.2) is 0 Å². The normalized spacial score (nSPS) is 21.3. The first-order chi connectivity index (χ1) is 20.4. The highest BCUT2D eigenvalue weighted by atomic mass is 32.1. The van der Waals surface area contributed by atoms with Crippen molar-refractivity contribution in [2.45, 2.75) is 194 Å². The standard InChI is InChI=1S/C40H68OS2/c1-12-19-20-21-22-30-25-33(37(9,13-2)14-3)42-35(30)39(11,16-5)29(8)27-40(17-6,18-7)34-26-32-31(23-24-41)28-38(10,15-4)36(32)43-34/h25-26,29,31,41H,12-24,27-28H2,1-11H3. The van der Waals surface area contributed by atoms with Gasteiger partial charge < -0.3 is 5.11 Å². The van der Waals surface area contributed by atoms with Gasteiger partial charge in [-0.05, 0) is 106 Å². The van der Waals surface area contributed by atoms with Gasteiger partial charge in [-0.2, -0.15) is 0 Å². The molecular formula is C40H68OS2. The zero-order valence-electron chi connectivity index (χ0n) is 30.2. The van der Waals surface area contributed by atoms with E-state index in [0.717, 1.165) is 6.42 Å². The molecule has 4 unspecified atom stereocenters. The van der Waals surface area contributed by atoms with E-state index >= 15 is 0 Å². The number of hydrogen-bond donors (Lipinski definition) is 1. The molecule has 3 rings (SSSR count). The van der Waals surface area contributed by atoms with Crippen LogP contribution in [0, 0.1) is 5.92 Å². The summed E-state index contributed by atoms with van der Waals surface area (Å²) in [5.41, 5.74) is 4.18. The fraction of sp³-hybridized carbons (Fsp3) is 0.800. The molecule has 0 fully saturated rings. The summed E-state index contributed by atoms with van der Waals surface area (Å²) < 4.78 is 0. The first-order valence-corrected chi connectivity index (χ1v) is 19.9. The van der Waals surface area contributed by atoms with Gasteiger partial charge in [-0.15, -0.1) is 22.7 Å². The third-order valence-corrected chi connectivity index (χ3v) is 16.3. The lowest BCUT2D eigenvalue weighted by Crippen LogP contribution is -2.36. The fourth-order valence-corrected chi connectivity index (χ4v) is 11.8. The molecule has 1 nitrogen and oxygen atoms in total. The van der Waals surface area contributed by atoms with Crippen LogP contribution in [0.5, 0.6) is 0 Å². The summed E-state index contributed by atoms with van der Waals surface area (Å²) in [4.78, 5) is 6.60. The molecule has 2 aromatic heterocycles. The van der Waals surface area contributed by atoms with Crippen LogP contribution in [0.3, 0.4) is 0 Å². The maximum Gasteiger partial charge on any atom is 0.0436 e. The lowest BCUT2D eigenvalue weighted by Gasteiger charge is -2.42. The van der Waals surface area contributed by atoms with E-state index < -0.39 is 0 Å². The van der Waals surface area contributed by atoms with Crippen LogP contribution in [0.2, 0.25) is 0 Å². The number of aliphatic hydroxyl groups is 1. The van der Waals surface area contributed by atoms with Crippen LogP contribution in [0.25, 0.3) is 0 Å². The highest BCUT2D eigenvalue weighted by molar-refractivity contribution is 7.12. The minimum atomic E-state index is 0.179. The molecule has 2 aromatic rings. The van der Waals surface area contributed by atoms with Gasteiger partial charge in [-0.25, -0.2) is 0 Å². The summed E-state index contributed by atoms with van der Waals surface area (Å²) >= 11 is 4.33. The Bertz CT molecular complexity index is 1130. The zero-order valence-corrected chi connectivity index (χ0v) is 31.8. The number of fused-ring (bicyclic) bond motifs is 1. The molecule has 0 bridgehead atoms. The number of hydrogen-bond acceptors (Lipinski definition) is 3. The van der Waals surface area contributed by atoms with Crippen LogP contribution in [0.1, 0.15) is 196 Å². The van der Waals surface area contributed by atoms with Crippen LogP contribution < -0.4 is 0 Å². The summed E-state index contributed by atoms with van der Waals surface area (Å²) in [6.45, 7) is 27.3. The molecule has 0 radical (unpaired) electrons. The van der Waals surface area contributed by atoms with E-state index in [9.17, 15) is 5.11 Å². The SMILES string of the molecule is CCCCCCc1cc(C(C)(CC)CC)sc1C(C)(CC)C(C)CC(CC)(CC)c1cc2c(s1)C(C)(CC)CC2CCO. The van der Waals surface area contributed by atoms with Gasteiger partial charge in [-0.1, -0.05) is 95.4 Å². The fourth-order valence-electron chi connectivity index (χ4n) is 8.17. The number of rotatable bonds is 19. The highest BCUT2D eigenvalue weighted by Crippen LogP contribution is 2.57. The zero-order chi connectivity index (χ0) is 32.1. The molecule has 0 amide bonds. The van der Waals surface area contributed by atoms with E-state index in [0.29, 0.717) is 18.4 Å². The predicted octanol–water partition coefficient (Wildman–Crippen LogP) is 13.0. The van der Waals surface area contributed by atoms with Crippen molar-refractivity contribution >= 4 is 22.7 Å². The monoisotopic (exact) mass is 628 g/mol. The number of unbranched alkanes of at least 4 members (excludes halogenated alkanes) is 3. The van der Waals surface area contributed by atoms with E-state index in [1.54, 1.807) is 30.6 Å². The Morgan fingerprint density at radius 1 is 0.884 bits per heavy atom. The summed E-state index contributed by atoms with van der Waals surface area (Å²) in [7, 11) is 0. The molecule has 246 valence electrons. The molecule has 0 saturated carbocycles. The Labute approximate surface area is 275 Å². The molecular weight excluding hydrogens is 561 g/mol. The number of aryl methyl sites for hydroxylation is 1. The van der Waals surface area contributed by atoms with Gasteiger partial charge >= 0.3 is 0 Å². The topological polar surface area (TPSA) is 20.2 Å². The van der Waals surface area contributed by atoms with Gasteiger partial charge in [0.1, 0.15) is 0 Å². The van der Waals surface area contributed by atoms with Crippen molar-refractivity contribution in [3.63, 3.8) is 0 Å². The Hall–Kier alpha value is -0.640. The Morgan fingerprint density at radius 2 is 1.56 bits per heavy atom. The minimum Gasteiger partial charge on any atom is -0.396 e. The van der Waals surface area contributed by atoms with Crippen LogP contribution in [0.4, 0.5) is 0 Å². The van der Waals surface area contributed by atoms with Gasteiger partial charge in [0.2, 0.25) is 0 Å². The largest absolute Gasteiger partial charge is 0.396 e. The second-order valence-electron chi connectivity index (χ2n) is 15.1. The van der Waals surface area contributed by atoms with Crippen LogP contribution in [-0.2, 0) is 28.1 Å². The number of aliphatic hydroxyl groups excluding tert-OH is 1. The van der Waals surface area contributed by atoms with Crippen LogP contribution in [-0.4, -0.2) is 11.7 Å². The van der Waals surface area contributed by atoms with E-state index in [4.69, 9.17) is 0 Å². The molecule has 0 aromatic carbocycles. The van der Waals surface area contributed by atoms with Crippen molar-refractivity contribution in [1.29, 1.82) is 0 Å². The average Bonchev–Trinajstić information content (AvgIpc) is 3.73. The molecule has 0 spiro atoms. The Kier molecular flexibility index (Phi) is 13.1. The summed E-state index contributed by atoms with van der Waals surface area (Å²) in [5.74, 6) is 1.11. The summed E-state index contributed by atoms with van der Waals surface area (Å²) in [6.07, 6.45) is 17.1. The van der Waals surface area contributed by atoms with Gasteiger partial charge in [0, 0.05) is 47.8 Å². The second kappa shape index (κ2) is 15.3. The second-order valence-corrected chi connectivity index (χ2v) is 17.2. The molecule has 43 heavy (non-hydrogen) atoms. The third-order valence-electron chi connectivity index (χ3n) is 12.9. The molecule has 1 aliphatic carbocycles. The minimum absolute atomic E-state index is 0.179. The van der Waals surface area contributed by atoms with E-state index in [1.807, 2.05) is 0 Å². The van der Waals surface area contributed by atoms with Crippen molar-refractivity contribution in [1.82, 2.24) is 0 Å². The van der Waals surface area contributed by atoms with Crippen molar-refractivity contribution in [2.24, 2.45) is 5.92 Å². The number of thiophene rings is 2. The van der Waals surface area contributed by atoms with Gasteiger partial charge in [0.25, 0.3) is 0 Å². The van der Waals surface area contributed by atoms with Crippen LogP contribution >= 0.6 is 22.7 Å². The highest BCUT2D eigenvalue weighted by Gasteiger charge is 2.45. The molecule has 0 saturated heterocycles. The van der Waals surface area contributed by atoms with Crippen molar-refractivity contribution < 1.29 is 5.11 Å². The average molecular weight is 629 g/mol.